The van der Waals surface area contributed by atoms with Gasteiger partial charge in [0.25, 0.3) is 0 Å². The Morgan fingerprint density at radius 1 is 1.32 bits per heavy atom. The number of carbonyl (C=O) groups is 2. The van der Waals surface area contributed by atoms with Crippen molar-refractivity contribution in [2.45, 2.75) is 52.2 Å². The molecule has 0 radical (unpaired) electrons. The van der Waals surface area contributed by atoms with E-state index >= 15 is 0 Å². The van der Waals surface area contributed by atoms with Crippen LogP contribution < -0.4 is 5.32 Å². The van der Waals surface area contributed by atoms with Crippen LogP contribution in [0.25, 0.3) is 0 Å². The number of carbonyl (C=O) groups excluding carboxylic acids is 2. The van der Waals surface area contributed by atoms with Crippen LogP contribution >= 0.6 is 0 Å². The van der Waals surface area contributed by atoms with Gasteiger partial charge in [0.05, 0.1) is 12.6 Å². The maximum absolute atomic E-state index is 11.9. The Morgan fingerprint density at radius 2 is 2.00 bits per heavy atom. The molecule has 2 atom stereocenters. The molecule has 0 spiro atoms. The minimum atomic E-state index is -0.565. The Labute approximate surface area is 131 Å². The molecule has 1 fully saturated rings. The smallest absolute Gasteiger partial charge is 0.409 e. The molecular weight excluding hydrogens is 288 g/mol. The van der Waals surface area contributed by atoms with Crippen molar-refractivity contribution in [3.05, 3.63) is 0 Å². The van der Waals surface area contributed by atoms with E-state index < -0.39 is 11.7 Å². The molecule has 7 heteroatoms. The Kier molecular flexibility index (Phi) is 6.93. The van der Waals surface area contributed by atoms with Crippen LogP contribution in [0.3, 0.4) is 0 Å². The van der Waals surface area contributed by atoms with Gasteiger partial charge in [0.1, 0.15) is 5.60 Å². The van der Waals surface area contributed by atoms with Gasteiger partial charge in [-0.3, -0.25) is 0 Å². The molecule has 0 bridgehead atoms. The fourth-order valence-corrected chi connectivity index (χ4v) is 2.54. The van der Waals surface area contributed by atoms with E-state index in [0.717, 1.165) is 0 Å². The Morgan fingerprint density at radius 3 is 2.55 bits per heavy atom. The summed E-state index contributed by atoms with van der Waals surface area (Å²) < 4.78 is 10.3. The van der Waals surface area contributed by atoms with Gasteiger partial charge >= 0.3 is 12.2 Å². The first kappa shape index (κ1) is 18.5. The van der Waals surface area contributed by atoms with Crippen molar-refractivity contribution >= 4 is 12.2 Å². The van der Waals surface area contributed by atoms with Gasteiger partial charge in [-0.25, -0.2) is 9.59 Å². The maximum Gasteiger partial charge on any atom is 0.409 e. The lowest BCUT2D eigenvalue weighted by molar-refractivity contribution is 0.0411. The Hall–Kier alpha value is -1.50. The van der Waals surface area contributed by atoms with Crippen LogP contribution in [0.1, 0.15) is 40.5 Å². The van der Waals surface area contributed by atoms with E-state index in [0.29, 0.717) is 32.5 Å². The topological polar surface area (TPSA) is 88.1 Å². The normalized spacial score (nSPS) is 22.1. The number of hydrogen-bond acceptors (Lipinski definition) is 5. The summed E-state index contributed by atoms with van der Waals surface area (Å²) in [6, 6.07) is -0.204. The zero-order valence-electron chi connectivity index (χ0n) is 13.9. The van der Waals surface area contributed by atoms with Crippen LogP contribution in [0.15, 0.2) is 0 Å². The first-order chi connectivity index (χ1) is 10.2. The molecule has 2 N–H and O–H groups in total. The highest BCUT2D eigenvalue weighted by Crippen LogP contribution is 2.21. The molecule has 0 aliphatic carbocycles. The van der Waals surface area contributed by atoms with Crippen molar-refractivity contribution in [3.8, 4) is 0 Å². The lowest BCUT2D eigenvalue weighted by atomic mass is 9.92. The van der Waals surface area contributed by atoms with Gasteiger partial charge < -0.3 is 24.8 Å². The summed E-state index contributed by atoms with van der Waals surface area (Å²) in [6.45, 7) is 8.44. The van der Waals surface area contributed by atoms with Gasteiger partial charge in [0.2, 0.25) is 0 Å². The third-order valence-electron chi connectivity index (χ3n) is 3.32. The maximum atomic E-state index is 11.9. The average molecular weight is 316 g/mol. The number of aliphatic hydroxyl groups is 1. The molecule has 2 amide bonds. The summed E-state index contributed by atoms with van der Waals surface area (Å²) in [5.41, 5.74) is -0.565. The number of aliphatic hydroxyl groups excluding tert-OH is 1. The number of piperidine rings is 1. The second kappa shape index (κ2) is 8.22. The summed E-state index contributed by atoms with van der Waals surface area (Å²) in [4.78, 5) is 25.4. The van der Waals surface area contributed by atoms with Gasteiger partial charge in [-0.1, -0.05) is 0 Å². The van der Waals surface area contributed by atoms with E-state index in [1.54, 1.807) is 32.6 Å². The molecule has 1 aliphatic rings. The molecule has 2 unspecified atom stereocenters. The van der Waals surface area contributed by atoms with E-state index in [1.165, 1.54) is 0 Å². The summed E-state index contributed by atoms with van der Waals surface area (Å²) in [7, 11) is 0. The van der Waals surface area contributed by atoms with E-state index in [-0.39, 0.29) is 24.7 Å². The van der Waals surface area contributed by atoms with E-state index in [2.05, 4.69) is 5.32 Å². The molecule has 0 saturated carbocycles. The van der Waals surface area contributed by atoms with Crippen LogP contribution in [0, 0.1) is 5.92 Å². The van der Waals surface area contributed by atoms with E-state index in [1.807, 2.05) is 0 Å². The monoisotopic (exact) mass is 316 g/mol. The summed E-state index contributed by atoms with van der Waals surface area (Å²) >= 11 is 0. The highest BCUT2D eigenvalue weighted by Gasteiger charge is 2.32. The van der Waals surface area contributed by atoms with Gasteiger partial charge in [-0.2, -0.15) is 0 Å². The highest BCUT2D eigenvalue weighted by molar-refractivity contribution is 5.69. The predicted octanol–water partition coefficient (Wildman–Crippen LogP) is 1.74. The molecule has 0 aromatic heterocycles. The molecular formula is C15H28N2O5. The van der Waals surface area contributed by atoms with Crippen molar-refractivity contribution in [1.82, 2.24) is 10.2 Å². The predicted molar refractivity (Wildman–Crippen MR) is 81.6 cm³/mol. The van der Waals surface area contributed by atoms with Crippen molar-refractivity contribution in [2.75, 3.05) is 26.3 Å². The number of ether oxygens (including phenoxy) is 2. The molecule has 0 aromatic rings. The number of nitrogens with one attached hydrogen (secondary N) is 1. The summed E-state index contributed by atoms with van der Waals surface area (Å²) in [6.07, 6.45) is 0.407. The summed E-state index contributed by atoms with van der Waals surface area (Å²) in [5, 5.41) is 11.9. The summed E-state index contributed by atoms with van der Waals surface area (Å²) in [5.74, 6) is 0.128. The Bertz CT molecular complexity index is 381. The second-order valence-electron chi connectivity index (χ2n) is 6.56. The van der Waals surface area contributed by atoms with Crippen LogP contribution in [-0.2, 0) is 9.47 Å². The zero-order valence-corrected chi connectivity index (χ0v) is 13.9. The fraction of sp³-hybridized carbons (Fsp3) is 0.867. The number of amides is 2. The molecule has 1 heterocycles. The molecule has 1 rings (SSSR count). The number of rotatable bonds is 4. The second-order valence-corrected chi connectivity index (χ2v) is 6.56. The lowest BCUT2D eigenvalue weighted by Gasteiger charge is -2.37. The average Bonchev–Trinajstić information content (AvgIpc) is 2.36. The molecule has 1 saturated heterocycles. The van der Waals surface area contributed by atoms with Crippen LogP contribution in [0.5, 0.6) is 0 Å². The van der Waals surface area contributed by atoms with Crippen LogP contribution in [0.2, 0.25) is 0 Å². The van der Waals surface area contributed by atoms with Crippen LogP contribution in [-0.4, -0.2) is 60.1 Å². The highest BCUT2D eigenvalue weighted by atomic mass is 16.6. The number of hydrogen-bond donors (Lipinski definition) is 2. The quantitative estimate of drug-likeness (QED) is 0.825. The van der Waals surface area contributed by atoms with Gasteiger partial charge in [-0.15, -0.1) is 0 Å². The fourth-order valence-electron chi connectivity index (χ4n) is 2.54. The minimum Gasteiger partial charge on any atom is -0.450 e. The molecule has 1 aliphatic heterocycles. The first-order valence-corrected chi connectivity index (χ1v) is 7.77. The number of alkyl carbamates (subject to hydrolysis) is 1. The van der Waals surface area contributed by atoms with Crippen LogP contribution in [0.4, 0.5) is 9.59 Å². The number of likely N-dealkylation sites (tertiary alicyclic amines) is 1. The molecule has 7 nitrogen and oxygen atoms in total. The largest absolute Gasteiger partial charge is 0.450 e. The minimum absolute atomic E-state index is 0.0560. The van der Waals surface area contributed by atoms with Crippen molar-refractivity contribution in [1.29, 1.82) is 0 Å². The van der Waals surface area contributed by atoms with Crippen molar-refractivity contribution in [3.63, 3.8) is 0 Å². The van der Waals surface area contributed by atoms with Crippen molar-refractivity contribution < 1.29 is 24.2 Å². The Balaban J connectivity index is 2.64. The third kappa shape index (κ3) is 6.51. The van der Waals surface area contributed by atoms with Crippen molar-refractivity contribution in [2.24, 2.45) is 5.92 Å². The van der Waals surface area contributed by atoms with E-state index in [4.69, 9.17) is 14.6 Å². The lowest BCUT2D eigenvalue weighted by Crippen LogP contribution is -2.53. The third-order valence-corrected chi connectivity index (χ3v) is 3.32. The van der Waals surface area contributed by atoms with Gasteiger partial charge in [-0.05, 0) is 46.5 Å². The SMILES string of the molecule is CCOC(=O)N1CC(CCO)CC(NC(=O)OC(C)(C)C)C1. The first-order valence-electron chi connectivity index (χ1n) is 7.77. The zero-order chi connectivity index (χ0) is 16.8. The molecule has 0 aromatic carbocycles. The molecule has 22 heavy (non-hydrogen) atoms. The molecule has 128 valence electrons. The number of nitrogens with zero attached hydrogens (tertiary/aromatic N) is 1. The van der Waals surface area contributed by atoms with Gasteiger partial charge in [0.15, 0.2) is 0 Å². The van der Waals surface area contributed by atoms with Gasteiger partial charge in [0, 0.05) is 19.7 Å². The van der Waals surface area contributed by atoms with E-state index in [9.17, 15) is 9.59 Å². The standard InChI is InChI=1S/C15H28N2O5/c1-5-21-14(20)17-9-11(6-7-18)8-12(10-17)16-13(19)22-15(2,3)4/h11-12,18H,5-10H2,1-4H3,(H,16,19).